The molecule has 0 fully saturated rings. The van der Waals surface area contributed by atoms with Crippen LogP contribution in [0.1, 0.15) is 18.1 Å². The molecule has 2 heterocycles. The van der Waals surface area contributed by atoms with Crippen molar-refractivity contribution in [3.05, 3.63) is 36.4 Å². The van der Waals surface area contributed by atoms with E-state index in [2.05, 4.69) is 25.9 Å². The third kappa shape index (κ3) is 5.59. The fourth-order valence-electron chi connectivity index (χ4n) is 2.17. The average molecular weight is 305 g/mol. The van der Waals surface area contributed by atoms with E-state index in [0.29, 0.717) is 0 Å². The molecule has 2 aromatic heterocycles. The summed E-state index contributed by atoms with van der Waals surface area (Å²) in [5, 5.41) is 10.2. The van der Waals surface area contributed by atoms with Crippen molar-refractivity contribution in [3.63, 3.8) is 0 Å². The maximum atomic E-state index is 4.28. The van der Waals surface area contributed by atoms with Crippen LogP contribution in [0.3, 0.4) is 0 Å². The van der Waals surface area contributed by atoms with Crippen LogP contribution < -0.4 is 16.0 Å². The molecule has 7 heteroatoms. The van der Waals surface area contributed by atoms with E-state index < -0.39 is 0 Å². The minimum absolute atomic E-state index is 0.816. The van der Waals surface area contributed by atoms with Crippen LogP contribution in [0.2, 0.25) is 0 Å². The summed E-state index contributed by atoms with van der Waals surface area (Å²) < 4.78 is 4.08. The number of nitrogens with one attached hydrogen (secondary N) is 3. The molecule has 0 spiro atoms. The van der Waals surface area contributed by atoms with Gasteiger partial charge in [0, 0.05) is 52.0 Å². The standard InChI is InChI=1S/C15H27N7/c1-21-10-8-19-14(21)12-17-5-3-4-16-6-7-18-13-15-20-9-11-22(15)2/h8-11,16-18H,3-7,12-13H2,1-2H3. The third-order valence-electron chi connectivity index (χ3n) is 3.59. The summed E-state index contributed by atoms with van der Waals surface area (Å²) in [6, 6.07) is 0. The van der Waals surface area contributed by atoms with E-state index in [4.69, 9.17) is 0 Å². The van der Waals surface area contributed by atoms with E-state index in [9.17, 15) is 0 Å². The zero-order chi connectivity index (χ0) is 15.6. The number of nitrogens with zero attached hydrogens (tertiary/aromatic N) is 4. The molecule has 122 valence electrons. The van der Waals surface area contributed by atoms with Crippen molar-refractivity contribution < 1.29 is 0 Å². The molecular formula is C15H27N7. The number of aromatic nitrogens is 4. The van der Waals surface area contributed by atoms with Crippen molar-refractivity contribution in [2.24, 2.45) is 14.1 Å². The van der Waals surface area contributed by atoms with E-state index >= 15 is 0 Å². The second-order valence-electron chi connectivity index (χ2n) is 5.37. The van der Waals surface area contributed by atoms with Crippen molar-refractivity contribution >= 4 is 0 Å². The van der Waals surface area contributed by atoms with E-state index in [1.807, 2.05) is 48.0 Å². The Morgan fingerprint density at radius 3 is 1.82 bits per heavy atom. The van der Waals surface area contributed by atoms with E-state index in [-0.39, 0.29) is 0 Å². The Labute approximate surface area is 132 Å². The lowest BCUT2D eigenvalue weighted by Crippen LogP contribution is -2.29. The van der Waals surface area contributed by atoms with E-state index in [1.165, 1.54) is 0 Å². The molecule has 7 nitrogen and oxygen atoms in total. The maximum absolute atomic E-state index is 4.28. The topological polar surface area (TPSA) is 71.7 Å². The minimum Gasteiger partial charge on any atom is -0.337 e. The molecule has 0 aliphatic heterocycles. The van der Waals surface area contributed by atoms with Crippen LogP contribution >= 0.6 is 0 Å². The van der Waals surface area contributed by atoms with Gasteiger partial charge in [-0.25, -0.2) is 9.97 Å². The second-order valence-corrected chi connectivity index (χ2v) is 5.37. The summed E-state index contributed by atoms with van der Waals surface area (Å²) in [7, 11) is 4.03. The van der Waals surface area contributed by atoms with Gasteiger partial charge in [0.1, 0.15) is 11.6 Å². The Hall–Kier alpha value is -1.70. The predicted octanol–water partition coefficient (Wildman–Crippen LogP) is 0.0127. The molecule has 2 rings (SSSR count). The van der Waals surface area contributed by atoms with Gasteiger partial charge in [-0.3, -0.25) is 0 Å². The zero-order valence-corrected chi connectivity index (χ0v) is 13.5. The first-order chi connectivity index (χ1) is 10.8. The molecule has 2 aromatic rings. The lowest BCUT2D eigenvalue weighted by atomic mass is 10.4. The third-order valence-corrected chi connectivity index (χ3v) is 3.59. The monoisotopic (exact) mass is 305 g/mol. The molecule has 22 heavy (non-hydrogen) atoms. The van der Waals surface area contributed by atoms with Crippen molar-refractivity contribution in [1.29, 1.82) is 0 Å². The lowest BCUT2D eigenvalue weighted by molar-refractivity contribution is 0.556. The van der Waals surface area contributed by atoms with Gasteiger partial charge in [-0.15, -0.1) is 0 Å². The van der Waals surface area contributed by atoms with Crippen LogP contribution in [0.25, 0.3) is 0 Å². The largest absolute Gasteiger partial charge is 0.337 e. The Bertz CT molecular complexity index is 483. The van der Waals surface area contributed by atoms with E-state index in [1.54, 1.807) is 0 Å². The Balaban J connectivity index is 1.39. The smallest absolute Gasteiger partial charge is 0.122 e. The van der Waals surface area contributed by atoms with Crippen molar-refractivity contribution in [2.45, 2.75) is 19.5 Å². The van der Waals surface area contributed by atoms with Gasteiger partial charge in [0.05, 0.1) is 13.1 Å². The summed E-state index contributed by atoms with van der Waals surface area (Å²) in [6.45, 7) is 5.60. The number of imidazole rings is 2. The molecular weight excluding hydrogens is 278 g/mol. The number of aryl methyl sites for hydroxylation is 2. The normalized spacial score (nSPS) is 11.2. The van der Waals surface area contributed by atoms with Crippen LogP contribution in [0, 0.1) is 0 Å². The summed E-state index contributed by atoms with van der Waals surface area (Å²) in [5.41, 5.74) is 0. The van der Waals surface area contributed by atoms with Gasteiger partial charge in [0.25, 0.3) is 0 Å². The molecule has 0 bridgehead atoms. The van der Waals surface area contributed by atoms with Gasteiger partial charge in [0.15, 0.2) is 0 Å². The van der Waals surface area contributed by atoms with Crippen LogP contribution in [-0.2, 0) is 27.2 Å². The van der Waals surface area contributed by atoms with Crippen LogP contribution in [0.15, 0.2) is 24.8 Å². The minimum atomic E-state index is 0.816. The van der Waals surface area contributed by atoms with Crippen LogP contribution in [0.4, 0.5) is 0 Å². The maximum Gasteiger partial charge on any atom is 0.122 e. The molecule has 3 N–H and O–H groups in total. The highest BCUT2D eigenvalue weighted by atomic mass is 15.1. The van der Waals surface area contributed by atoms with Crippen molar-refractivity contribution in [1.82, 2.24) is 35.1 Å². The molecule has 0 aliphatic rings. The number of hydrogen-bond donors (Lipinski definition) is 3. The molecule has 0 saturated heterocycles. The fraction of sp³-hybridized carbons (Fsp3) is 0.600. The number of hydrogen-bond acceptors (Lipinski definition) is 5. The van der Waals surface area contributed by atoms with Gasteiger partial charge in [0.2, 0.25) is 0 Å². The quantitative estimate of drug-likeness (QED) is 0.510. The van der Waals surface area contributed by atoms with Gasteiger partial charge < -0.3 is 25.1 Å². The predicted molar refractivity (Wildman–Crippen MR) is 87.3 cm³/mol. The lowest BCUT2D eigenvalue weighted by Gasteiger charge is -2.08. The molecule has 0 amide bonds. The second kappa shape index (κ2) is 9.34. The van der Waals surface area contributed by atoms with Gasteiger partial charge >= 0.3 is 0 Å². The summed E-state index contributed by atoms with van der Waals surface area (Å²) >= 11 is 0. The Kier molecular flexibility index (Phi) is 7.08. The average Bonchev–Trinajstić information content (AvgIpc) is 3.10. The molecule has 0 saturated carbocycles. The molecule has 0 aromatic carbocycles. The molecule has 0 atom stereocenters. The molecule has 0 aliphatic carbocycles. The molecule has 0 unspecified atom stereocenters. The fourth-order valence-corrected chi connectivity index (χ4v) is 2.17. The first-order valence-corrected chi connectivity index (χ1v) is 7.82. The zero-order valence-electron chi connectivity index (χ0n) is 13.5. The van der Waals surface area contributed by atoms with Gasteiger partial charge in [-0.05, 0) is 19.5 Å². The first-order valence-electron chi connectivity index (χ1n) is 7.82. The highest BCUT2D eigenvalue weighted by Gasteiger charge is 1.98. The van der Waals surface area contributed by atoms with Crippen LogP contribution in [-0.4, -0.2) is 45.3 Å². The summed E-state index contributed by atoms with van der Waals surface area (Å²) in [4.78, 5) is 8.56. The van der Waals surface area contributed by atoms with Crippen molar-refractivity contribution in [3.8, 4) is 0 Å². The highest BCUT2D eigenvalue weighted by Crippen LogP contribution is 1.93. The first kappa shape index (κ1) is 16.7. The molecule has 0 radical (unpaired) electrons. The summed E-state index contributed by atoms with van der Waals surface area (Å²) in [6.07, 6.45) is 8.71. The van der Waals surface area contributed by atoms with Crippen LogP contribution in [0.5, 0.6) is 0 Å². The van der Waals surface area contributed by atoms with Gasteiger partial charge in [-0.2, -0.15) is 0 Å². The van der Waals surface area contributed by atoms with Crippen molar-refractivity contribution in [2.75, 3.05) is 26.2 Å². The summed E-state index contributed by atoms with van der Waals surface area (Å²) in [5.74, 6) is 2.14. The van der Waals surface area contributed by atoms with Gasteiger partial charge in [-0.1, -0.05) is 0 Å². The Morgan fingerprint density at radius 1 is 0.773 bits per heavy atom. The highest BCUT2D eigenvalue weighted by molar-refractivity contribution is 4.90. The Morgan fingerprint density at radius 2 is 1.27 bits per heavy atom. The SMILES string of the molecule is Cn1ccnc1CNCCCNCCNCc1nccn1C. The number of rotatable bonds is 11. The van der Waals surface area contributed by atoms with E-state index in [0.717, 1.165) is 57.3 Å².